The third-order valence-corrected chi connectivity index (χ3v) is 5.28. The van der Waals surface area contributed by atoms with Gasteiger partial charge in [0.05, 0.1) is 0 Å². The van der Waals surface area contributed by atoms with Crippen LogP contribution in [-0.4, -0.2) is 42.4 Å². The monoisotopic (exact) mass is 394 g/mol. The van der Waals surface area contributed by atoms with Gasteiger partial charge in [-0.1, -0.05) is 0 Å². The first kappa shape index (κ1) is 19.0. The number of benzene rings is 2. The number of carbonyl (C=O) groups is 3. The summed E-state index contributed by atoms with van der Waals surface area (Å²) in [4.78, 5) is 38.6. The Balaban J connectivity index is 1.40. The zero-order chi connectivity index (χ0) is 20.4. The fourth-order valence-electron chi connectivity index (χ4n) is 3.65. The van der Waals surface area contributed by atoms with Crippen LogP contribution in [0.3, 0.4) is 0 Å². The molecule has 1 atom stereocenters. The zero-order valence-corrected chi connectivity index (χ0v) is 16.1. The maximum Gasteiger partial charge on any atom is 0.321 e. The summed E-state index contributed by atoms with van der Waals surface area (Å²) in [6, 6.07) is 11.7. The van der Waals surface area contributed by atoms with Crippen LogP contribution in [-0.2, 0) is 0 Å². The van der Waals surface area contributed by atoms with E-state index in [2.05, 4.69) is 5.32 Å². The summed E-state index contributed by atoms with van der Waals surface area (Å²) in [5, 5.41) is 2.84. The lowest BCUT2D eigenvalue weighted by Crippen LogP contribution is -2.44. The Morgan fingerprint density at radius 1 is 1.00 bits per heavy atom. The van der Waals surface area contributed by atoms with Gasteiger partial charge in [0.15, 0.2) is 23.1 Å². The smallest absolute Gasteiger partial charge is 0.321 e. The highest BCUT2D eigenvalue weighted by molar-refractivity contribution is 5.99. The number of carbonyl (C=O) groups excluding carboxylic acids is 3. The van der Waals surface area contributed by atoms with Crippen molar-refractivity contribution in [3.05, 3.63) is 53.6 Å². The van der Waals surface area contributed by atoms with E-state index >= 15 is 0 Å². The highest BCUT2D eigenvalue weighted by Crippen LogP contribution is 2.34. The largest absolute Gasteiger partial charge is 0.454 e. The van der Waals surface area contributed by atoms with E-state index < -0.39 is 0 Å². The fraction of sp³-hybridized carbons (Fsp3) is 0.318. The predicted octanol–water partition coefficient (Wildman–Crippen LogP) is 3.74. The van der Waals surface area contributed by atoms with E-state index in [1.807, 2.05) is 0 Å². The number of hydrogen-bond donors (Lipinski definition) is 1. The topological polar surface area (TPSA) is 84.9 Å². The molecule has 2 heterocycles. The molecule has 150 valence electrons. The minimum Gasteiger partial charge on any atom is -0.454 e. The van der Waals surface area contributed by atoms with Crippen LogP contribution in [0.4, 0.5) is 10.5 Å². The highest BCUT2D eigenvalue weighted by Gasteiger charge is 2.30. The van der Waals surface area contributed by atoms with Gasteiger partial charge >= 0.3 is 6.03 Å². The average Bonchev–Trinajstić information content (AvgIpc) is 3.21. The molecule has 2 aromatic rings. The van der Waals surface area contributed by atoms with Crippen molar-refractivity contribution in [2.45, 2.75) is 19.8 Å². The number of anilines is 1. The molecule has 2 aliphatic heterocycles. The lowest BCUT2D eigenvalue weighted by atomic mass is 9.90. The Kier molecular flexibility index (Phi) is 5.20. The second-order valence-corrected chi connectivity index (χ2v) is 7.28. The molecule has 0 aliphatic carbocycles. The van der Waals surface area contributed by atoms with Gasteiger partial charge in [-0.05, 0) is 62.2 Å². The number of urea groups is 1. The molecule has 2 aromatic carbocycles. The van der Waals surface area contributed by atoms with Gasteiger partial charge in [0, 0.05) is 35.8 Å². The fourth-order valence-corrected chi connectivity index (χ4v) is 3.65. The molecule has 0 aromatic heterocycles. The molecule has 2 aliphatic rings. The van der Waals surface area contributed by atoms with Crippen molar-refractivity contribution in [1.29, 1.82) is 0 Å². The first-order valence-corrected chi connectivity index (χ1v) is 9.62. The average molecular weight is 394 g/mol. The molecule has 29 heavy (non-hydrogen) atoms. The zero-order valence-electron chi connectivity index (χ0n) is 16.1. The first-order chi connectivity index (χ1) is 14.0. The van der Waals surface area contributed by atoms with Crippen LogP contribution in [0.1, 0.15) is 40.5 Å². The van der Waals surface area contributed by atoms with E-state index in [1.165, 1.54) is 6.92 Å². The molecule has 7 nitrogen and oxygen atoms in total. The Morgan fingerprint density at radius 2 is 1.72 bits per heavy atom. The quantitative estimate of drug-likeness (QED) is 0.799. The van der Waals surface area contributed by atoms with Crippen LogP contribution >= 0.6 is 0 Å². The second-order valence-electron chi connectivity index (χ2n) is 7.28. The normalized spacial score (nSPS) is 17.7. The minimum absolute atomic E-state index is 0.00612. The van der Waals surface area contributed by atoms with E-state index in [1.54, 1.807) is 47.4 Å². The van der Waals surface area contributed by atoms with Crippen molar-refractivity contribution in [2.75, 3.05) is 25.2 Å². The number of rotatable bonds is 4. The molecule has 1 saturated heterocycles. The van der Waals surface area contributed by atoms with Crippen molar-refractivity contribution < 1.29 is 23.9 Å². The second kappa shape index (κ2) is 7.95. The lowest BCUT2D eigenvalue weighted by molar-refractivity contribution is 0.0850. The predicted molar refractivity (Wildman–Crippen MR) is 107 cm³/mol. The number of ketones is 2. The van der Waals surface area contributed by atoms with Crippen molar-refractivity contribution in [2.24, 2.45) is 5.92 Å². The molecule has 0 spiro atoms. The van der Waals surface area contributed by atoms with Crippen molar-refractivity contribution in [3.63, 3.8) is 0 Å². The van der Waals surface area contributed by atoms with Gasteiger partial charge in [-0.15, -0.1) is 0 Å². The number of nitrogens with zero attached hydrogens (tertiary/aromatic N) is 1. The van der Waals surface area contributed by atoms with Gasteiger partial charge in [0.1, 0.15) is 0 Å². The van der Waals surface area contributed by atoms with Crippen molar-refractivity contribution >= 4 is 23.3 Å². The summed E-state index contributed by atoms with van der Waals surface area (Å²) in [7, 11) is 0. The van der Waals surface area contributed by atoms with Gasteiger partial charge in [0.25, 0.3) is 0 Å². The summed E-state index contributed by atoms with van der Waals surface area (Å²) in [6.45, 7) is 2.63. The summed E-state index contributed by atoms with van der Waals surface area (Å²) < 4.78 is 10.6. The Morgan fingerprint density at radius 3 is 2.48 bits per heavy atom. The van der Waals surface area contributed by atoms with Gasteiger partial charge in [-0.3, -0.25) is 9.59 Å². The number of nitrogens with one attached hydrogen (secondary N) is 1. The van der Waals surface area contributed by atoms with E-state index in [0.29, 0.717) is 41.4 Å². The molecule has 0 bridgehead atoms. The van der Waals surface area contributed by atoms with Gasteiger partial charge in [-0.25, -0.2) is 4.79 Å². The molecule has 4 rings (SSSR count). The third-order valence-electron chi connectivity index (χ3n) is 5.28. The molecule has 0 radical (unpaired) electrons. The number of likely N-dealkylation sites (tertiary alicyclic amines) is 1. The summed E-state index contributed by atoms with van der Waals surface area (Å²) in [5.74, 6) is 0.947. The molecule has 2 amide bonds. The highest BCUT2D eigenvalue weighted by atomic mass is 16.7. The maximum atomic E-state index is 12.9. The van der Waals surface area contributed by atoms with Crippen LogP contribution in [0.15, 0.2) is 42.5 Å². The third kappa shape index (κ3) is 4.08. The van der Waals surface area contributed by atoms with Crippen LogP contribution < -0.4 is 14.8 Å². The van der Waals surface area contributed by atoms with Crippen LogP contribution in [0, 0.1) is 5.92 Å². The minimum atomic E-state index is -0.255. The number of Topliss-reactive ketones (excluding diaryl/α,β-unsaturated/α-hetero) is 2. The number of amides is 2. The van der Waals surface area contributed by atoms with Crippen molar-refractivity contribution in [1.82, 2.24) is 4.90 Å². The molecular weight excluding hydrogens is 372 g/mol. The first-order valence-electron chi connectivity index (χ1n) is 9.62. The van der Waals surface area contributed by atoms with E-state index in [0.717, 1.165) is 12.8 Å². The maximum absolute atomic E-state index is 12.9. The molecule has 0 unspecified atom stereocenters. The van der Waals surface area contributed by atoms with E-state index in [4.69, 9.17) is 9.47 Å². The lowest BCUT2D eigenvalue weighted by Gasteiger charge is -2.32. The van der Waals surface area contributed by atoms with E-state index in [-0.39, 0.29) is 30.3 Å². The summed E-state index contributed by atoms with van der Waals surface area (Å²) in [5.41, 5.74) is 1.78. The van der Waals surface area contributed by atoms with Gasteiger partial charge < -0.3 is 19.7 Å². The number of hydrogen-bond acceptors (Lipinski definition) is 5. The molecule has 7 heteroatoms. The Labute approximate surface area is 168 Å². The summed E-state index contributed by atoms with van der Waals surface area (Å²) in [6.07, 6.45) is 1.50. The van der Waals surface area contributed by atoms with Crippen molar-refractivity contribution in [3.8, 4) is 11.5 Å². The Bertz CT molecular complexity index is 954. The van der Waals surface area contributed by atoms with Crippen LogP contribution in [0.25, 0.3) is 0 Å². The number of ether oxygens (including phenoxy) is 2. The van der Waals surface area contributed by atoms with E-state index in [9.17, 15) is 14.4 Å². The SMILES string of the molecule is CC(=O)c1ccc(NC(=O)N2CCC[C@H](C(=O)c3ccc4c(c3)OCO4)C2)cc1. The Hall–Kier alpha value is -3.35. The number of fused-ring (bicyclic) bond motifs is 1. The molecule has 1 fully saturated rings. The number of piperidine rings is 1. The van der Waals surface area contributed by atoms with Gasteiger partial charge in [-0.2, -0.15) is 0 Å². The molecule has 1 N–H and O–H groups in total. The summed E-state index contributed by atoms with van der Waals surface area (Å²) >= 11 is 0. The molecule has 0 saturated carbocycles. The van der Waals surface area contributed by atoms with Crippen LogP contribution in [0.2, 0.25) is 0 Å². The molecular formula is C22H22N2O5. The van der Waals surface area contributed by atoms with Gasteiger partial charge in [0.2, 0.25) is 6.79 Å². The standard InChI is InChI=1S/C22H22N2O5/c1-14(25)15-4-7-18(8-5-15)23-22(27)24-10-2-3-17(12-24)21(26)16-6-9-19-20(11-16)29-13-28-19/h4-9,11,17H,2-3,10,12-13H2,1H3,(H,23,27)/t17-/m0/s1. The van der Waals surface area contributed by atoms with Crippen LogP contribution in [0.5, 0.6) is 11.5 Å².